The van der Waals surface area contributed by atoms with Gasteiger partial charge in [-0.3, -0.25) is 0 Å². The van der Waals surface area contributed by atoms with Crippen LogP contribution < -0.4 is 5.32 Å². The van der Waals surface area contributed by atoms with Gasteiger partial charge in [-0.1, -0.05) is 24.8 Å². The number of esters is 1. The van der Waals surface area contributed by atoms with Crippen LogP contribution in [0.4, 0.5) is 4.79 Å². The molecule has 0 saturated heterocycles. The number of rotatable bonds is 10. The predicted molar refractivity (Wildman–Crippen MR) is 102 cm³/mol. The smallest absolute Gasteiger partial charge is 0.408 e. The average Bonchev–Trinajstić information content (AvgIpc) is 2.44. The molecule has 8 heteroatoms. The highest BCUT2D eigenvalue weighted by Gasteiger charge is 2.24. The molecule has 146 valence electrons. The summed E-state index contributed by atoms with van der Waals surface area (Å²) >= 11 is 0. The summed E-state index contributed by atoms with van der Waals surface area (Å²) < 4.78 is 9.88. The molecule has 0 unspecified atom stereocenters. The first-order chi connectivity index (χ1) is 11.4. The Hall–Kier alpha value is -1.57. The molecule has 0 radical (unpaired) electrons. The van der Waals surface area contributed by atoms with E-state index in [1.54, 1.807) is 27.0 Å². The minimum atomic E-state index is -1.10. The standard InChI is InChI=1S/C17H34N2O5Si/c1-17(2,3)24-16(21)19-14(15(20)22-4)10-8-9-11-18-23-12-13-25(5,6)7/h11,14H,8-10,12-13H2,1-7H3,(H,19,21)/b18-11+/t14-/m1/s1. The second-order valence-corrected chi connectivity index (χ2v) is 13.7. The van der Waals surface area contributed by atoms with Crippen molar-refractivity contribution in [2.24, 2.45) is 5.16 Å². The van der Waals surface area contributed by atoms with Gasteiger partial charge in [0.2, 0.25) is 0 Å². The van der Waals surface area contributed by atoms with Crippen LogP contribution in [0.2, 0.25) is 25.7 Å². The Balaban J connectivity index is 4.16. The van der Waals surface area contributed by atoms with E-state index >= 15 is 0 Å². The van der Waals surface area contributed by atoms with E-state index in [2.05, 4.69) is 30.1 Å². The molecule has 0 rings (SSSR count). The summed E-state index contributed by atoms with van der Waals surface area (Å²) in [5.74, 6) is -0.491. The van der Waals surface area contributed by atoms with E-state index in [0.717, 1.165) is 6.04 Å². The van der Waals surface area contributed by atoms with Crippen molar-refractivity contribution in [3.63, 3.8) is 0 Å². The number of carbonyl (C=O) groups excluding carboxylic acids is 2. The van der Waals surface area contributed by atoms with E-state index in [4.69, 9.17) is 14.3 Å². The van der Waals surface area contributed by atoms with Gasteiger partial charge in [-0.15, -0.1) is 0 Å². The maximum atomic E-state index is 11.8. The van der Waals surface area contributed by atoms with Crippen LogP contribution in [0.3, 0.4) is 0 Å². The van der Waals surface area contributed by atoms with Crippen LogP contribution in [0.5, 0.6) is 0 Å². The third kappa shape index (κ3) is 14.5. The van der Waals surface area contributed by atoms with Crippen molar-refractivity contribution >= 4 is 26.4 Å². The molecule has 0 aromatic carbocycles. The molecule has 7 nitrogen and oxygen atoms in total. The van der Waals surface area contributed by atoms with Crippen molar-refractivity contribution in [2.75, 3.05) is 13.7 Å². The predicted octanol–water partition coefficient (Wildman–Crippen LogP) is 3.56. The largest absolute Gasteiger partial charge is 0.467 e. The van der Waals surface area contributed by atoms with Crippen LogP contribution in [0.25, 0.3) is 0 Å². The third-order valence-electron chi connectivity index (χ3n) is 3.10. The minimum Gasteiger partial charge on any atom is -0.467 e. The van der Waals surface area contributed by atoms with Gasteiger partial charge in [-0.2, -0.15) is 0 Å². The second-order valence-electron chi connectivity index (χ2n) is 8.08. The summed E-state index contributed by atoms with van der Waals surface area (Å²) in [6, 6.07) is 0.329. The lowest BCUT2D eigenvalue weighted by atomic mass is 10.1. The summed E-state index contributed by atoms with van der Waals surface area (Å²) in [5, 5.41) is 6.46. The van der Waals surface area contributed by atoms with Crippen molar-refractivity contribution in [3.05, 3.63) is 0 Å². The van der Waals surface area contributed by atoms with Gasteiger partial charge in [0.25, 0.3) is 0 Å². The van der Waals surface area contributed by atoms with Gasteiger partial charge in [-0.25, -0.2) is 9.59 Å². The number of ether oxygens (including phenoxy) is 2. The number of hydrogen-bond donors (Lipinski definition) is 1. The molecular weight excluding hydrogens is 340 g/mol. The summed E-state index contributed by atoms with van der Waals surface area (Å²) in [6.07, 6.45) is 2.80. The number of amides is 1. The monoisotopic (exact) mass is 374 g/mol. The molecule has 0 aromatic heterocycles. The van der Waals surface area contributed by atoms with E-state index in [0.29, 0.717) is 25.9 Å². The summed E-state index contributed by atoms with van der Waals surface area (Å²) in [6.45, 7) is 12.8. The topological polar surface area (TPSA) is 86.2 Å². The number of carbonyl (C=O) groups is 2. The Labute approximate surface area is 152 Å². The number of nitrogens with zero attached hydrogens (tertiary/aromatic N) is 1. The quantitative estimate of drug-likeness (QED) is 0.208. The van der Waals surface area contributed by atoms with Gasteiger partial charge in [0.05, 0.1) is 7.11 Å². The lowest BCUT2D eigenvalue weighted by Crippen LogP contribution is -2.44. The summed E-state index contributed by atoms with van der Waals surface area (Å²) in [5.41, 5.74) is -0.620. The number of unbranched alkanes of at least 4 members (excludes halogenated alkanes) is 1. The highest BCUT2D eigenvalue weighted by molar-refractivity contribution is 6.76. The molecule has 0 fully saturated rings. The van der Waals surface area contributed by atoms with Crippen LogP contribution in [0.15, 0.2) is 5.16 Å². The fourth-order valence-electron chi connectivity index (χ4n) is 1.76. The maximum Gasteiger partial charge on any atom is 0.408 e. The zero-order chi connectivity index (χ0) is 19.5. The molecule has 0 heterocycles. The Morgan fingerprint density at radius 3 is 2.40 bits per heavy atom. The second kappa shape index (κ2) is 11.1. The SMILES string of the molecule is COC(=O)[C@@H](CCC/C=N/OCC[Si](C)(C)C)NC(=O)OC(C)(C)C. The Bertz CT molecular complexity index is 441. The van der Waals surface area contributed by atoms with Crippen LogP contribution in [-0.4, -0.2) is 51.7 Å². The van der Waals surface area contributed by atoms with Crippen molar-refractivity contribution < 1.29 is 23.9 Å². The van der Waals surface area contributed by atoms with Gasteiger partial charge in [0, 0.05) is 14.3 Å². The molecular formula is C17H34N2O5Si. The van der Waals surface area contributed by atoms with Crippen molar-refractivity contribution in [3.8, 4) is 0 Å². The molecule has 25 heavy (non-hydrogen) atoms. The lowest BCUT2D eigenvalue weighted by Gasteiger charge is -2.22. The van der Waals surface area contributed by atoms with Gasteiger partial charge in [0.1, 0.15) is 18.2 Å². The molecule has 0 aromatic rings. The number of nitrogens with one attached hydrogen (secondary N) is 1. The normalized spacial score (nSPS) is 13.4. The molecule has 1 N–H and O–H groups in total. The Morgan fingerprint density at radius 1 is 1.24 bits per heavy atom. The van der Waals surface area contributed by atoms with E-state index in [1.807, 2.05) is 0 Å². The van der Waals surface area contributed by atoms with Gasteiger partial charge in [0.15, 0.2) is 0 Å². The number of hydrogen-bond acceptors (Lipinski definition) is 6. The first-order valence-electron chi connectivity index (χ1n) is 8.66. The van der Waals surface area contributed by atoms with Gasteiger partial charge < -0.3 is 19.6 Å². The van der Waals surface area contributed by atoms with Crippen LogP contribution >= 0.6 is 0 Å². The lowest BCUT2D eigenvalue weighted by molar-refractivity contribution is -0.143. The number of alkyl carbamates (subject to hydrolysis) is 1. The first-order valence-corrected chi connectivity index (χ1v) is 12.4. The van der Waals surface area contributed by atoms with Gasteiger partial charge in [-0.05, 0) is 46.1 Å². The molecule has 0 aliphatic heterocycles. The van der Waals surface area contributed by atoms with Crippen LogP contribution in [-0.2, 0) is 19.1 Å². The van der Waals surface area contributed by atoms with E-state index in [-0.39, 0.29) is 0 Å². The maximum absolute atomic E-state index is 11.8. The Morgan fingerprint density at radius 2 is 1.88 bits per heavy atom. The Kier molecular flexibility index (Phi) is 10.4. The number of methoxy groups -OCH3 is 1. The molecule has 0 aliphatic rings. The molecule has 0 spiro atoms. The van der Waals surface area contributed by atoms with Crippen molar-refractivity contribution in [2.45, 2.75) is 77.4 Å². The molecule has 0 saturated carbocycles. The van der Waals surface area contributed by atoms with E-state index in [9.17, 15) is 9.59 Å². The number of oxime groups is 1. The van der Waals surface area contributed by atoms with Crippen molar-refractivity contribution in [1.82, 2.24) is 5.32 Å². The average molecular weight is 375 g/mol. The van der Waals surface area contributed by atoms with Crippen molar-refractivity contribution in [1.29, 1.82) is 0 Å². The third-order valence-corrected chi connectivity index (χ3v) is 4.80. The van der Waals surface area contributed by atoms with Crippen LogP contribution in [0, 0.1) is 0 Å². The molecule has 1 atom stereocenters. The summed E-state index contributed by atoms with van der Waals surface area (Å²) in [4.78, 5) is 28.8. The molecule has 1 amide bonds. The van der Waals surface area contributed by atoms with Crippen LogP contribution in [0.1, 0.15) is 40.0 Å². The van der Waals surface area contributed by atoms with E-state index < -0.39 is 31.8 Å². The fourth-order valence-corrected chi connectivity index (χ4v) is 2.47. The van der Waals surface area contributed by atoms with E-state index in [1.165, 1.54) is 7.11 Å². The zero-order valence-electron chi connectivity index (χ0n) is 16.7. The first kappa shape index (κ1) is 23.4. The molecule has 0 aliphatic carbocycles. The molecule has 0 bridgehead atoms. The summed E-state index contributed by atoms with van der Waals surface area (Å²) in [7, 11) is 0.192. The fraction of sp³-hybridized carbons (Fsp3) is 0.824. The minimum absolute atomic E-state index is 0.437. The zero-order valence-corrected chi connectivity index (χ0v) is 17.7. The highest BCUT2D eigenvalue weighted by atomic mass is 28.3. The van der Waals surface area contributed by atoms with Gasteiger partial charge >= 0.3 is 12.1 Å². The highest BCUT2D eigenvalue weighted by Crippen LogP contribution is 2.09.